The number of hydrogen-bond acceptors (Lipinski definition) is 3. The van der Waals surface area contributed by atoms with E-state index in [1.54, 1.807) is 18.2 Å². The predicted octanol–water partition coefficient (Wildman–Crippen LogP) is 3.93. The first kappa shape index (κ1) is 20.1. The van der Waals surface area contributed by atoms with Gasteiger partial charge in [0.25, 0.3) is 5.91 Å². The summed E-state index contributed by atoms with van der Waals surface area (Å²) < 4.78 is 18.4. The summed E-state index contributed by atoms with van der Waals surface area (Å²) in [6.07, 6.45) is 1.46. The molecule has 0 spiro atoms. The number of aliphatic imine (C=N–C) groups is 1. The SMILES string of the molecule is CCNC(=NCc1cccc(F)c1)NCc1cccc(NC(=O)c2ccco2)c1. The van der Waals surface area contributed by atoms with Gasteiger partial charge in [-0.2, -0.15) is 0 Å². The summed E-state index contributed by atoms with van der Waals surface area (Å²) in [5.74, 6) is 0.309. The van der Waals surface area contributed by atoms with Gasteiger partial charge in [-0.05, 0) is 54.4 Å². The summed E-state index contributed by atoms with van der Waals surface area (Å²) in [4.78, 5) is 16.6. The quantitative estimate of drug-likeness (QED) is 0.419. The van der Waals surface area contributed by atoms with Gasteiger partial charge >= 0.3 is 0 Å². The number of anilines is 1. The number of carbonyl (C=O) groups excluding carboxylic acids is 1. The number of rotatable bonds is 7. The van der Waals surface area contributed by atoms with E-state index in [-0.39, 0.29) is 17.5 Å². The van der Waals surface area contributed by atoms with Gasteiger partial charge in [-0.15, -0.1) is 0 Å². The molecule has 0 saturated heterocycles. The lowest BCUT2D eigenvalue weighted by molar-refractivity contribution is 0.0996. The van der Waals surface area contributed by atoms with Gasteiger partial charge in [-0.1, -0.05) is 24.3 Å². The molecule has 0 unspecified atom stereocenters. The third-order valence-corrected chi connectivity index (χ3v) is 4.04. The molecule has 29 heavy (non-hydrogen) atoms. The van der Waals surface area contributed by atoms with Crippen LogP contribution in [-0.2, 0) is 13.1 Å². The Morgan fingerprint density at radius 2 is 1.86 bits per heavy atom. The van der Waals surface area contributed by atoms with Crippen molar-refractivity contribution >= 4 is 17.6 Å². The minimum absolute atomic E-state index is 0.257. The van der Waals surface area contributed by atoms with Gasteiger partial charge in [0.05, 0.1) is 12.8 Å². The number of nitrogens with one attached hydrogen (secondary N) is 3. The monoisotopic (exact) mass is 394 g/mol. The second-order valence-corrected chi connectivity index (χ2v) is 6.31. The number of amides is 1. The molecular weight excluding hydrogens is 371 g/mol. The molecule has 1 heterocycles. The number of carbonyl (C=O) groups is 1. The fraction of sp³-hybridized carbons (Fsp3) is 0.182. The van der Waals surface area contributed by atoms with Crippen molar-refractivity contribution < 1.29 is 13.6 Å². The van der Waals surface area contributed by atoms with E-state index in [0.717, 1.165) is 11.1 Å². The van der Waals surface area contributed by atoms with Gasteiger partial charge in [0, 0.05) is 18.8 Å². The lowest BCUT2D eigenvalue weighted by atomic mass is 10.2. The summed E-state index contributed by atoms with van der Waals surface area (Å²) in [5.41, 5.74) is 2.44. The molecule has 1 aromatic heterocycles. The number of guanidine groups is 1. The van der Waals surface area contributed by atoms with Crippen LogP contribution in [0.3, 0.4) is 0 Å². The minimum Gasteiger partial charge on any atom is -0.459 e. The topological polar surface area (TPSA) is 78.7 Å². The highest BCUT2D eigenvalue weighted by Gasteiger charge is 2.09. The zero-order valence-corrected chi connectivity index (χ0v) is 16.1. The van der Waals surface area contributed by atoms with E-state index in [9.17, 15) is 9.18 Å². The fourth-order valence-electron chi connectivity index (χ4n) is 2.69. The van der Waals surface area contributed by atoms with E-state index in [0.29, 0.717) is 31.3 Å². The van der Waals surface area contributed by atoms with Crippen molar-refractivity contribution in [3.8, 4) is 0 Å². The second-order valence-electron chi connectivity index (χ2n) is 6.31. The predicted molar refractivity (Wildman–Crippen MR) is 111 cm³/mol. The third-order valence-electron chi connectivity index (χ3n) is 4.04. The zero-order valence-electron chi connectivity index (χ0n) is 16.1. The Hall–Kier alpha value is -3.61. The first-order valence-electron chi connectivity index (χ1n) is 9.34. The number of benzene rings is 2. The van der Waals surface area contributed by atoms with Crippen LogP contribution in [0.1, 0.15) is 28.6 Å². The third kappa shape index (κ3) is 6.21. The molecule has 0 atom stereocenters. The lowest BCUT2D eigenvalue weighted by Crippen LogP contribution is -2.36. The zero-order chi connectivity index (χ0) is 20.5. The molecule has 6 nitrogen and oxygen atoms in total. The number of furan rings is 1. The molecule has 0 aliphatic heterocycles. The van der Waals surface area contributed by atoms with Crippen LogP contribution in [0.25, 0.3) is 0 Å². The maximum atomic E-state index is 13.3. The minimum atomic E-state index is -0.301. The van der Waals surface area contributed by atoms with Crippen molar-refractivity contribution in [2.45, 2.75) is 20.0 Å². The molecule has 3 N–H and O–H groups in total. The first-order valence-corrected chi connectivity index (χ1v) is 9.34. The van der Waals surface area contributed by atoms with Gasteiger partial charge in [-0.3, -0.25) is 4.79 Å². The van der Waals surface area contributed by atoms with E-state index < -0.39 is 0 Å². The molecule has 0 aliphatic carbocycles. The Kier molecular flexibility index (Phi) is 7.00. The highest BCUT2D eigenvalue weighted by atomic mass is 19.1. The summed E-state index contributed by atoms with van der Waals surface area (Å²) in [5, 5.41) is 9.22. The Morgan fingerprint density at radius 1 is 1.03 bits per heavy atom. The smallest absolute Gasteiger partial charge is 0.291 e. The summed E-state index contributed by atoms with van der Waals surface area (Å²) in [6.45, 7) is 3.56. The van der Waals surface area contributed by atoms with Crippen molar-refractivity contribution in [1.82, 2.24) is 10.6 Å². The van der Waals surface area contributed by atoms with Gasteiger partial charge in [0.1, 0.15) is 5.82 Å². The number of hydrogen-bond donors (Lipinski definition) is 3. The molecule has 3 aromatic rings. The molecule has 1 amide bonds. The molecule has 7 heteroatoms. The summed E-state index contributed by atoms with van der Waals surface area (Å²) in [7, 11) is 0. The van der Waals surface area contributed by atoms with Crippen molar-refractivity contribution in [2.75, 3.05) is 11.9 Å². The molecule has 0 radical (unpaired) electrons. The van der Waals surface area contributed by atoms with Crippen molar-refractivity contribution in [1.29, 1.82) is 0 Å². The summed E-state index contributed by atoms with van der Waals surface area (Å²) >= 11 is 0. The molecule has 0 aliphatic rings. The Labute approximate surface area is 168 Å². The number of halogens is 1. The molecule has 0 saturated carbocycles. The van der Waals surface area contributed by atoms with Crippen LogP contribution < -0.4 is 16.0 Å². The van der Waals surface area contributed by atoms with E-state index in [1.165, 1.54) is 18.4 Å². The highest BCUT2D eigenvalue weighted by Crippen LogP contribution is 2.13. The highest BCUT2D eigenvalue weighted by molar-refractivity contribution is 6.02. The fourth-order valence-corrected chi connectivity index (χ4v) is 2.69. The van der Waals surface area contributed by atoms with Crippen LogP contribution in [0.2, 0.25) is 0 Å². The van der Waals surface area contributed by atoms with Crippen molar-refractivity contribution in [2.24, 2.45) is 4.99 Å². The Morgan fingerprint density at radius 3 is 2.62 bits per heavy atom. The molecule has 3 rings (SSSR count). The first-order chi connectivity index (χ1) is 14.1. The number of nitrogens with zero attached hydrogens (tertiary/aromatic N) is 1. The van der Waals surface area contributed by atoms with Gasteiger partial charge in [0.15, 0.2) is 11.7 Å². The maximum absolute atomic E-state index is 13.3. The van der Waals surface area contributed by atoms with Crippen molar-refractivity contribution in [3.05, 3.63) is 89.6 Å². The van der Waals surface area contributed by atoms with E-state index in [4.69, 9.17) is 4.42 Å². The van der Waals surface area contributed by atoms with E-state index in [2.05, 4.69) is 20.9 Å². The maximum Gasteiger partial charge on any atom is 0.291 e. The molecular formula is C22H23FN4O2. The largest absolute Gasteiger partial charge is 0.459 e. The van der Waals surface area contributed by atoms with Crippen LogP contribution in [0.4, 0.5) is 10.1 Å². The van der Waals surface area contributed by atoms with Crippen LogP contribution >= 0.6 is 0 Å². The van der Waals surface area contributed by atoms with Gasteiger partial charge in [-0.25, -0.2) is 9.38 Å². The van der Waals surface area contributed by atoms with Crippen molar-refractivity contribution in [3.63, 3.8) is 0 Å². The van der Waals surface area contributed by atoms with E-state index >= 15 is 0 Å². The molecule has 0 fully saturated rings. The Balaban J connectivity index is 1.60. The van der Waals surface area contributed by atoms with Gasteiger partial charge in [0.2, 0.25) is 0 Å². The van der Waals surface area contributed by atoms with Crippen LogP contribution in [0, 0.1) is 5.82 Å². The molecule has 0 bridgehead atoms. The lowest BCUT2D eigenvalue weighted by Gasteiger charge is -2.12. The Bertz CT molecular complexity index is 970. The van der Waals surface area contributed by atoms with Crippen LogP contribution in [0.15, 0.2) is 76.3 Å². The normalized spacial score (nSPS) is 11.2. The molecule has 150 valence electrons. The standard InChI is InChI=1S/C22H23FN4O2/c1-2-24-22(25-14-16-6-3-8-18(23)12-16)26-15-17-7-4-9-19(13-17)27-21(28)20-10-5-11-29-20/h3-13H,2,14-15H2,1H3,(H,27,28)(H2,24,25,26). The summed E-state index contributed by atoms with van der Waals surface area (Å²) in [6, 6.07) is 17.2. The molecule has 2 aromatic carbocycles. The van der Waals surface area contributed by atoms with E-state index in [1.807, 2.05) is 37.3 Å². The second kappa shape index (κ2) is 10.1. The average Bonchev–Trinajstić information content (AvgIpc) is 3.25. The average molecular weight is 394 g/mol. The van der Waals surface area contributed by atoms with Crippen LogP contribution in [0.5, 0.6) is 0 Å². The van der Waals surface area contributed by atoms with Crippen LogP contribution in [-0.4, -0.2) is 18.4 Å². The van der Waals surface area contributed by atoms with Gasteiger partial charge < -0.3 is 20.4 Å².